The molecule has 1 aliphatic carbocycles. The Hall–Kier alpha value is -3.65. The van der Waals surface area contributed by atoms with Crippen molar-refractivity contribution in [1.82, 2.24) is 0 Å². The quantitative estimate of drug-likeness (QED) is 0.348. The Labute approximate surface area is 218 Å². The van der Waals surface area contributed by atoms with Crippen molar-refractivity contribution in [3.63, 3.8) is 0 Å². The second-order valence-electron chi connectivity index (χ2n) is 9.63. The molecule has 1 heterocycles. The molecule has 1 aliphatic heterocycles. The smallest absolute Gasteiger partial charge is 0.262 e. The molecule has 37 heavy (non-hydrogen) atoms. The van der Waals surface area contributed by atoms with Gasteiger partial charge in [-0.05, 0) is 79.8 Å². The highest BCUT2D eigenvalue weighted by molar-refractivity contribution is 7.92. The number of hydrogen-bond acceptors (Lipinski definition) is 6. The van der Waals surface area contributed by atoms with Crippen molar-refractivity contribution in [2.24, 2.45) is 5.92 Å². The largest absolute Gasteiger partial charge is 0.497 e. The van der Waals surface area contributed by atoms with Crippen molar-refractivity contribution < 1.29 is 22.6 Å². The fraction of sp³-hybridized carbons (Fsp3) is 0.310. The molecule has 0 fully saturated rings. The predicted molar refractivity (Wildman–Crippen MR) is 145 cm³/mol. The van der Waals surface area contributed by atoms with E-state index in [0.717, 1.165) is 23.4 Å². The van der Waals surface area contributed by atoms with E-state index >= 15 is 0 Å². The van der Waals surface area contributed by atoms with Crippen molar-refractivity contribution in [3.05, 3.63) is 83.9 Å². The molecule has 3 atom stereocenters. The minimum atomic E-state index is -3.86. The summed E-state index contributed by atoms with van der Waals surface area (Å²) in [4.78, 5) is 0.200. The van der Waals surface area contributed by atoms with Gasteiger partial charge in [-0.15, -0.1) is 0 Å². The maximum absolute atomic E-state index is 13.4. The van der Waals surface area contributed by atoms with E-state index in [1.165, 1.54) is 19.8 Å². The molecule has 0 amide bonds. The molecule has 194 valence electrons. The number of fused-ring (bicyclic) bond motifs is 3. The number of hydrogen-bond donors (Lipinski definition) is 2. The number of sulfonamides is 1. The van der Waals surface area contributed by atoms with Crippen molar-refractivity contribution in [2.45, 2.75) is 43.2 Å². The fourth-order valence-corrected chi connectivity index (χ4v) is 6.29. The second kappa shape index (κ2) is 10.0. The first-order valence-electron chi connectivity index (χ1n) is 12.4. The van der Waals surface area contributed by atoms with E-state index in [1.807, 2.05) is 32.0 Å². The van der Waals surface area contributed by atoms with Crippen LogP contribution in [0.2, 0.25) is 0 Å². The lowest BCUT2D eigenvalue weighted by atomic mass is 9.77. The van der Waals surface area contributed by atoms with E-state index in [1.54, 1.807) is 30.3 Å². The standard InChI is InChI=1S/C29H32N2O5S/c1-18(2)36-20-10-8-19(9-11-20)29-24-7-5-6-23(24)25-17-22(13-14-26(25)30-29)37(32,33)31-27-16-21(34-3)12-15-28(27)35-4/h5-6,8-18,23-24,29-31H,7H2,1-4H3/t23-,24+,29+/m0/s1. The predicted octanol–water partition coefficient (Wildman–Crippen LogP) is 6.12. The van der Waals surface area contributed by atoms with Crippen LogP contribution in [0.4, 0.5) is 11.4 Å². The molecule has 3 aromatic rings. The summed E-state index contributed by atoms with van der Waals surface area (Å²) in [5.74, 6) is 2.20. The Morgan fingerprint density at radius 1 is 0.946 bits per heavy atom. The molecule has 0 unspecified atom stereocenters. The number of methoxy groups -OCH3 is 2. The summed E-state index contributed by atoms with van der Waals surface area (Å²) < 4.78 is 45.8. The normalized spacial score (nSPS) is 20.1. The molecule has 8 heteroatoms. The van der Waals surface area contributed by atoms with Gasteiger partial charge in [0.25, 0.3) is 10.0 Å². The van der Waals surface area contributed by atoms with Crippen LogP contribution in [0.1, 0.15) is 43.4 Å². The monoisotopic (exact) mass is 520 g/mol. The summed E-state index contributed by atoms with van der Waals surface area (Å²) in [5, 5.41) is 3.67. The molecule has 0 spiro atoms. The highest BCUT2D eigenvalue weighted by Gasteiger charge is 2.38. The van der Waals surface area contributed by atoms with Gasteiger partial charge in [0.1, 0.15) is 17.2 Å². The third-order valence-corrected chi connectivity index (χ3v) is 8.27. The van der Waals surface area contributed by atoms with E-state index in [4.69, 9.17) is 14.2 Å². The average molecular weight is 521 g/mol. The molecule has 5 rings (SSSR count). The van der Waals surface area contributed by atoms with Crippen LogP contribution in [-0.2, 0) is 10.0 Å². The molecular weight excluding hydrogens is 488 g/mol. The lowest BCUT2D eigenvalue weighted by Gasteiger charge is -2.37. The Morgan fingerprint density at radius 2 is 1.70 bits per heavy atom. The van der Waals surface area contributed by atoms with Crippen LogP contribution in [0, 0.1) is 5.92 Å². The Balaban J connectivity index is 1.44. The summed E-state index contributed by atoms with van der Waals surface area (Å²) in [6.45, 7) is 4.03. The van der Waals surface area contributed by atoms with Crippen LogP contribution in [0.25, 0.3) is 0 Å². The first-order valence-corrected chi connectivity index (χ1v) is 13.9. The summed E-state index contributed by atoms with van der Waals surface area (Å²) in [6.07, 6.45) is 5.43. The minimum absolute atomic E-state index is 0.113. The molecule has 2 aliphatic rings. The fourth-order valence-electron chi connectivity index (χ4n) is 5.19. The van der Waals surface area contributed by atoms with Gasteiger partial charge in [0.05, 0.1) is 36.9 Å². The summed E-state index contributed by atoms with van der Waals surface area (Å²) in [6, 6.07) is 18.6. The number of nitrogens with one attached hydrogen (secondary N) is 2. The number of anilines is 2. The van der Waals surface area contributed by atoms with Crippen LogP contribution < -0.4 is 24.2 Å². The highest BCUT2D eigenvalue weighted by Crippen LogP contribution is 2.50. The summed E-state index contributed by atoms with van der Waals surface area (Å²) in [5.41, 5.74) is 3.43. The zero-order chi connectivity index (χ0) is 26.2. The Bertz CT molecular complexity index is 1420. The topological polar surface area (TPSA) is 85.9 Å². The lowest BCUT2D eigenvalue weighted by molar-refractivity contribution is 0.242. The van der Waals surface area contributed by atoms with Gasteiger partial charge in [0.2, 0.25) is 0 Å². The summed E-state index contributed by atoms with van der Waals surface area (Å²) >= 11 is 0. The van der Waals surface area contributed by atoms with E-state index in [0.29, 0.717) is 17.2 Å². The van der Waals surface area contributed by atoms with Gasteiger partial charge < -0.3 is 19.5 Å². The third kappa shape index (κ3) is 4.98. The van der Waals surface area contributed by atoms with Gasteiger partial charge in [-0.3, -0.25) is 4.72 Å². The maximum atomic E-state index is 13.4. The van der Waals surface area contributed by atoms with Crippen molar-refractivity contribution in [3.8, 4) is 17.2 Å². The molecule has 7 nitrogen and oxygen atoms in total. The molecule has 0 bridgehead atoms. The van der Waals surface area contributed by atoms with E-state index < -0.39 is 10.0 Å². The first-order chi connectivity index (χ1) is 17.8. The molecule has 2 N–H and O–H groups in total. The van der Waals surface area contributed by atoms with E-state index in [2.05, 4.69) is 34.3 Å². The SMILES string of the molecule is COc1ccc(OC)c(NS(=O)(=O)c2ccc3c(c2)[C@H]2C=CC[C@H]2[C@@H](c2ccc(OC(C)C)cc2)N3)c1. The third-order valence-electron chi connectivity index (χ3n) is 6.91. The van der Waals surface area contributed by atoms with Crippen molar-refractivity contribution >= 4 is 21.4 Å². The van der Waals surface area contributed by atoms with Gasteiger partial charge >= 0.3 is 0 Å². The summed E-state index contributed by atoms with van der Waals surface area (Å²) in [7, 11) is -0.836. The number of benzene rings is 3. The Morgan fingerprint density at radius 3 is 2.41 bits per heavy atom. The molecule has 0 radical (unpaired) electrons. The van der Waals surface area contributed by atoms with E-state index in [9.17, 15) is 8.42 Å². The molecule has 0 saturated carbocycles. The van der Waals surface area contributed by atoms with E-state index in [-0.39, 0.29) is 28.9 Å². The zero-order valence-corrected chi connectivity index (χ0v) is 22.2. The minimum Gasteiger partial charge on any atom is -0.497 e. The Kier molecular flexibility index (Phi) is 6.77. The highest BCUT2D eigenvalue weighted by atomic mass is 32.2. The zero-order valence-electron chi connectivity index (χ0n) is 21.4. The van der Waals surface area contributed by atoms with Crippen LogP contribution in [0.5, 0.6) is 17.2 Å². The number of ether oxygens (including phenoxy) is 3. The van der Waals surface area contributed by atoms with Gasteiger partial charge in [0.15, 0.2) is 0 Å². The molecule has 0 saturated heterocycles. The average Bonchev–Trinajstić information content (AvgIpc) is 3.38. The van der Waals surface area contributed by atoms with Crippen molar-refractivity contribution in [1.29, 1.82) is 0 Å². The van der Waals surface area contributed by atoms with Crippen LogP contribution in [0.3, 0.4) is 0 Å². The lowest BCUT2D eigenvalue weighted by Crippen LogP contribution is -2.29. The maximum Gasteiger partial charge on any atom is 0.262 e. The molecular formula is C29H32N2O5S. The second-order valence-corrected chi connectivity index (χ2v) is 11.3. The van der Waals surface area contributed by atoms with Gasteiger partial charge in [0, 0.05) is 17.7 Å². The first kappa shape index (κ1) is 25.0. The number of allylic oxidation sites excluding steroid dienone is 2. The van der Waals surface area contributed by atoms with Crippen LogP contribution >= 0.6 is 0 Å². The molecule has 3 aromatic carbocycles. The van der Waals surface area contributed by atoms with Gasteiger partial charge in [-0.1, -0.05) is 24.3 Å². The van der Waals surface area contributed by atoms with Gasteiger partial charge in [-0.2, -0.15) is 0 Å². The van der Waals surface area contributed by atoms with Crippen LogP contribution in [0.15, 0.2) is 77.7 Å². The van der Waals surface area contributed by atoms with Gasteiger partial charge in [-0.25, -0.2) is 8.42 Å². The molecule has 0 aromatic heterocycles. The number of rotatable bonds is 8. The van der Waals surface area contributed by atoms with Crippen molar-refractivity contribution in [2.75, 3.05) is 24.3 Å². The van der Waals surface area contributed by atoms with Crippen LogP contribution in [-0.4, -0.2) is 28.7 Å².